The van der Waals surface area contributed by atoms with Crippen molar-refractivity contribution in [3.05, 3.63) is 53.1 Å². The second-order valence-corrected chi connectivity index (χ2v) is 6.32. The number of benzene rings is 2. The van der Waals surface area contributed by atoms with Gasteiger partial charge in [0.2, 0.25) is 0 Å². The second kappa shape index (κ2) is 5.46. The zero-order valence-electron chi connectivity index (χ0n) is 11.6. The molecule has 0 bridgehead atoms. The van der Waals surface area contributed by atoms with Crippen molar-refractivity contribution in [1.29, 1.82) is 5.26 Å². The van der Waals surface area contributed by atoms with Crippen molar-refractivity contribution in [3.63, 3.8) is 0 Å². The predicted octanol–water partition coefficient (Wildman–Crippen LogP) is 2.68. The Bertz CT molecular complexity index is 816. The van der Waals surface area contributed by atoms with Crippen molar-refractivity contribution >= 4 is 15.7 Å². The van der Waals surface area contributed by atoms with E-state index in [0.717, 1.165) is 0 Å². The Hall–Kier alpha value is -2.52. The highest BCUT2D eigenvalue weighted by atomic mass is 32.2. The van der Waals surface area contributed by atoms with Gasteiger partial charge in [-0.2, -0.15) is 5.26 Å². The van der Waals surface area contributed by atoms with Crippen molar-refractivity contribution in [3.8, 4) is 11.8 Å². The Morgan fingerprint density at radius 1 is 1.14 bits per heavy atom. The number of rotatable bonds is 3. The van der Waals surface area contributed by atoms with Crippen LogP contribution in [-0.4, -0.2) is 13.5 Å². The van der Waals surface area contributed by atoms with Gasteiger partial charge in [-0.15, -0.1) is 0 Å². The molecule has 2 aromatic carbocycles. The third-order valence-electron chi connectivity index (χ3n) is 3.09. The van der Waals surface area contributed by atoms with Crippen LogP contribution in [0.4, 0.5) is 5.69 Å². The van der Waals surface area contributed by atoms with E-state index in [0.29, 0.717) is 11.1 Å². The van der Waals surface area contributed by atoms with Crippen LogP contribution < -0.4 is 4.72 Å². The molecule has 0 fully saturated rings. The summed E-state index contributed by atoms with van der Waals surface area (Å²) in [6.07, 6.45) is 0. The summed E-state index contributed by atoms with van der Waals surface area (Å²) >= 11 is 0. The molecule has 0 aliphatic carbocycles. The van der Waals surface area contributed by atoms with Crippen LogP contribution >= 0.6 is 0 Å². The average molecular weight is 302 g/mol. The quantitative estimate of drug-likeness (QED) is 0.853. The maximum Gasteiger partial charge on any atom is 0.262 e. The van der Waals surface area contributed by atoms with Crippen molar-refractivity contribution in [1.82, 2.24) is 0 Å². The predicted molar refractivity (Wildman–Crippen MR) is 79.5 cm³/mol. The third kappa shape index (κ3) is 2.98. The maximum absolute atomic E-state index is 12.5. The van der Waals surface area contributed by atoms with Gasteiger partial charge in [0.25, 0.3) is 10.0 Å². The van der Waals surface area contributed by atoms with Crippen LogP contribution in [0.15, 0.2) is 41.3 Å². The monoisotopic (exact) mass is 302 g/mol. The molecule has 6 heteroatoms. The van der Waals surface area contributed by atoms with Gasteiger partial charge in [-0.3, -0.25) is 4.72 Å². The fraction of sp³-hybridized carbons (Fsp3) is 0.133. The van der Waals surface area contributed by atoms with Gasteiger partial charge in [0.1, 0.15) is 5.75 Å². The van der Waals surface area contributed by atoms with E-state index in [9.17, 15) is 13.5 Å². The lowest BCUT2D eigenvalue weighted by Gasteiger charge is -2.13. The van der Waals surface area contributed by atoms with Crippen LogP contribution in [0.1, 0.15) is 16.7 Å². The first-order chi connectivity index (χ1) is 9.85. The molecule has 2 aromatic rings. The van der Waals surface area contributed by atoms with Crippen molar-refractivity contribution in [2.45, 2.75) is 18.7 Å². The van der Waals surface area contributed by atoms with E-state index in [2.05, 4.69) is 4.72 Å². The Kier molecular flexibility index (Phi) is 3.87. The summed E-state index contributed by atoms with van der Waals surface area (Å²) in [7, 11) is -3.88. The number of sulfonamides is 1. The molecule has 0 aromatic heterocycles. The lowest BCUT2D eigenvalue weighted by atomic mass is 10.2. The van der Waals surface area contributed by atoms with Crippen LogP contribution in [0.3, 0.4) is 0 Å². The topological polar surface area (TPSA) is 90.2 Å². The largest absolute Gasteiger partial charge is 0.506 e. The van der Waals surface area contributed by atoms with Crippen molar-refractivity contribution in [2.24, 2.45) is 0 Å². The molecule has 0 radical (unpaired) electrons. The van der Waals surface area contributed by atoms with Gasteiger partial charge in [-0.1, -0.05) is 18.2 Å². The maximum atomic E-state index is 12.5. The summed E-state index contributed by atoms with van der Waals surface area (Å²) in [6, 6.07) is 11.1. The number of para-hydroxylation sites is 1. The highest BCUT2D eigenvalue weighted by molar-refractivity contribution is 7.92. The van der Waals surface area contributed by atoms with E-state index in [1.807, 2.05) is 6.07 Å². The summed E-state index contributed by atoms with van der Waals surface area (Å²) in [5, 5.41) is 18.7. The fourth-order valence-corrected chi connectivity index (χ4v) is 3.35. The summed E-state index contributed by atoms with van der Waals surface area (Å²) in [4.78, 5) is 0.0178. The van der Waals surface area contributed by atoms with Crippen LogP contribution in [0.2, 0.25) is 0 Å². The first-order valence-corrected chi connectivity index (χ1v) is 7.65. The number of hydrogen-bond acceptors (Lipinski definition) is 4. The molecule has 2 rings (SSSR count). The van der Waals surface area contributed by atoms with Gasteiger partial charge in [0.05, 0.1) is 22.2 Å². The molecule has 5 nitrogen and oxygen atoms in total. The number of nitriles is 1. The Labute approximate surface area is 123 Å². The summed E-state index contributed by atoms with van der Waals surface area (Å²) in [5.41, 5.74) is 1.52. The normalized spacial score (nSPS) is 10.9. The molecule has 0 saturated carbocycles. The molecule has 21 heavy (non-hydrogen) atoms. The molecular weight excluding hydrogens is 288 g/mol. The molecule has 0 heterocycles. The van der Waals surface area contributed by atoms with Gasteiger partial charge in [0.15, 0.2) is 0 Å². The Morgan fingerprint density at radius 2 is 1.86 bits per heavy atom. The molecule has 108 valence electrons. The van der Waals surface area contributed by atoms with E-state index < -0.39 is 10.0 Å². The molecule has 2 N–H and O–H groups in total. The molecule has 0 unspecified atom stereocenters. The first-order valence-electron chi connectivity index (χ1n) is 6.17. The minimum atomic E-state index is -3.88. The number of phenolic OH excluding ortho intramolecular Hbond substituents is 1. The zero-order chi connectivity index (χ0) is 15.6. The van der Waals surface area contributed by atoms with Crippen molar-refractivity contribution < 1.29 is 13.5 Å². The van der Waals surface area contributed by atoms with Gasteiger partial charge in [0, 0.05) is 0 Å². The third-order valence-corrected chi connectivity index (χ3v) is 4.59. The van der Waals surface area contributed by atoms with E-state index in [4.69, 9.17) is 5.26 Å². The molecule has 0 aliphatic heterocycles. The molecule has 0 atom stereocenters. The number of phenols is 1. The SMILES string of the molecule is Cc1ccc(C#N)cc1S(=O)(=O)Nc1c(C)cccc1O. The fourth-order valence-electron chi connectivity index (χ4n) is 1.93. The lowest BCUT2D eigenvalue weighted by Crippen LogP contribution is -2.15. The van der Waals surface area contributed by atoms with Crippen LogP contribution in [0, 0.1) is 25.2 Å². The van der Waals surface area contributed by atoms with E-state index >= 15 is 0 Å². The Balaban J connectivity index is 2.51. The van der Waals surface area contributed by atoms with E-state index in [-0.39, 0.29) is 21.9 Å². The number of aromatic hydroxyl groups is 1. The number of hydrogen-bond donors (Lipinski definition) is 2. The van der Waals surface area contributed by atoms with Gasteiger partial charge in [-0.05, 0) is 43.2 Å². The summed E-state index contributed by atoms with van der Waals surface area (Å²) < 4.78 is 27.3. The van der Waals surface area contributed by atoms with Crippen molar-refractivity contribution in [2.75, 3.05) is 4.72 Å². The number of nitrogens with one attached hydrogen (secondary N) is 1. The van der Waals surface area contributed by atoms with Crippen LogP contribution in [0.25, 0.3) is 0 Å². The van der Waals surface area contributed by atoms with Gasteiger partial charge >= 0.3 is 0 Å². The molecule has 0 aliphatic rings. The molecule has 0 amide bonds. The first kappa shape index (κ1) is 14.9. The average Bonchev–Trinajstić information content (AvgIpc) is 2.43. The minimum absolute atomic E-state index is 0.0178. The Morgan fingerprint density at radius 3 is 2.48 bits per heavy atom. The van der Waals surface area contributed by atoms with Gasteiger partial charge in [-0.25, -0.2) is 8.42 Å². The highest BCUT2D eigenvalue weighted by Crippen LogP contribution is 2.29. The molecule has 0 saturated heterocycles. The van der Waals surface area contributed by atoms with Crippen LogP contribution in [0.5, 0.6) is 5.75 Å². The number of anilines is 1. The van der Waals surface area contributed by atoms with Crippen LogP contribution in [-0.2, 0) is 10.0 Å². The standard InChI is InChI=1S/C15H14N2O3S/c1-10-6-7-12(9-16)8-14(10)21(19,20)17-15-11(2)4-3-5-13(15)18/h3-8,17-18H,1-2H3. The minimum Gasteiger partial charge on any atom is -0.506 e. The summed E-state index contributed by atoms with van der Waals surface area (Å²) in [5.74, 6) is -0.146. The summed E-state index contributed by atoms with van der Waals surface area (Å²) in [6.45, 7) is 3.34. The smallest absolute Gasteiger partial charge is 0.262 e. The molecular formula is C15H14N2O3S. The second-order valence-electron chi connectivity index (χ2n) is 4.67. The number of aryl methyl sites for hydroxylation is 2. The highest BCUT2D eigenvalue weighted by Gasteiger charge is 2.20. The molecule has 0 spiro atoms. The van der Waals surface area contributed by atoms with E-state index in [1.54, 1.807) is 38.1 Å². The zero-order valence-corrected chi connectivity index (χ0v) is 12.4. The lowest BCUT2D eigenvalue weighted by molar-refractivity contribution is 0.477. The van der Waals surface area contributed by atoms with E-state index in [1.165, 1.54) is 12.1 Å². The number of nitrogens with zero attached hydrogens (tertiary/aromatic N) is 1. The van der Waals surface area contributed by atoms with Gasteiger partial charge < -0.3 is 5.11 Å².